The van der Waals surface area contributed by atoms with E-state index >= 15 is 0 Å². The molecule has 116 valence electrons. The van der Waals surface area contributed by atoms with Crippen molar-refractivity contribution in [1.82, 2.24) is 0 Å². The molecular formula is C18H20O4. The van der Waals surface area contributed by atoms with Gasteiger partial charge in [-0.15, -0.1) is 0 Å². The van der Waals surface area contributed by atoms with Crippen LogP contribution in [0.1, 0.15) is 30.9 Å². The van der Waals surface area contributed by atoms with Crippen LogP contribution in [0.5, 0.6) is 5.75 Å². The van der Waals surface area contributed by atoms with Crippen LogP contribution >= 0.6 is 0 Å². The van der Waals surface area contributed by atoms with E-state index in [1.807, 2.05) is 12.1 Å². The lowest BCUT2D eigenvalue weighted by molar-refractivity contribution is -0.136. The number of carbonyl (C=O) groups is 1. The molecule has 2 aliphatic carbocycles. The van der Waals surface area contributed by atoms with Gasteiger partial charge in [-0.25, -0.2) is 4.79 Å². The third kappa shape index (κ3) is 1.64. The van der Waals surface area contributed by atoms with Crippen LogP contribution in [-0.4, -0.2) is 30.9 Å². The van der Waals surface area contributed by atoms with E-state index < -0.39 is 6.10 Å². The maximum absolute atomic E-state index is 11.9. The molecule has 3 atom stereocenters. The van der Waals surface area contributed by atoms with E-state index in [0.717, 1.165) is 24.2 Å². The zero-order valence-corrected chi connectivity index (χ0v) is 12.9. The Morgan fingerprint density at radius 2 is 2.23 bits per heavy atom. The highest BCUT2D eigenvalue weighted by molar-refractivity contribution is 5.93. The summed E-state index contributed by atoms with van der Waals surface area (Å²) in [5.41, 5.74) is 3.85. The first kappa shape index (κ1) is 13.8. The minimum Gasteiger partial charge on any atom is -0.496 e. The predicted octanol–water partition coefficient (Wildman–Crippen LogP) is 2.13. The first-order valence-corrected chi connectivity index (χ1v) is 7.80. The maximum atomic E-state index is 11.9. The zero-order chi connectivity index (χ0) is 15.5. The fraction of sp³-hybridized carbons (Fsp3) is 0.500. The molecule has 1 N–H and O–H groups in total. The van der Waals surface area contributed by atoms with Gasteiger partial charge in [-0.2, -0.15) is 0 Å². The number of carbonyl (C=O) groups excluding carboxylic acids is 1. The molecule has 4 heteroatoms. The molecule has 0 fully saturated rings. The summed E-state index contributed by atoms with van der Waals surface area (Å²) in [4.78, 5) is 11.9. The Bertz CT molecular complexity index is 690. The Morgan fingerprint density at radius 3 is 3.00 bits per heavy atom. The highest BCUT2D eigenvalue weighted by atomic mass is 16.5. The average Bonchev–Trinajstić information content (AvgIpc) is 2.89. The van der Waals surface area contributed by atoms with Crippen LogP contribution in [0.3, 0.4) is 0 Å². The molecule has 0 saturated carbocycles. The molecule has 1 heterocycles. The summed E-state index contributed by atoms with van der Waals surface area (Å²) in [6, 6.07) is 6.15. The van der Waals surface area contributed by atoms with Crippen molar-refractivity contribution >= 4 is 5.97 Å². The number of aliphatic hydroxyl groups is 1. The SMILES string of the molecule is COc1cccc2c1CC[C@H]1C3=C(C(=O)OC3)[C@@H](O)C[C@]21C. The van der Waals surface area contributed by atoms with Gasteiger partial charge in [0.2, 0.25) is 0 Å². The molecule has 0 saturated heterocycles. The Kier molecular flexibility index (Phi) is 2.89. The van der Waals surface area contributed by atoms with Crippen LogP contribution in [0.4, 0.5) is 0 Å². The number of hydrogen-bond donors (Lipinski definition) is 1. The molecule has 4 rings (SSSR count). The van der Waals surface area contributed by atoms with Crippen molar-refractivity contribution in [2.24, 2.45) is 5.92 Å². The summed E-state index contributed by atoms with van der Waals surface area (Å²) in [7, 11) is 1.70. The Labute approximate surface area is 129 Å². The lowest BCUT2D eigenvalue weighted by atomic mass is 9.56. The maximum Gasteiger partial charge on any atom is 0.337 e. The van der Waals surface area contributed by atoms with Crippen LogP contribution in [0.15, 0.2) is 29.3 Å². The fourth-order valence-corrected chi connectivity index (χ4v) is 4.73. The summed E-state index contributed by atoms with van der Waals surface area (Å²) in [6.07, 6.45) is 1.72. The number of esters is 1. The highest BCUT2D eigenvalue weighted by Gasteiger charge is 2.52. The zero-order valence-electron chi connectivity index (χ0n) is 12.9. The second kappa shape index (κ2) is 4.59. The number of cyclic esters (lactones) is 1. The van der Waals surface area contributed by atoms with Crippen LogP contribution < -0.4 is 4.74 Å². The first-order valence-electron chi connectivity index (χ1n) is 7.80. The monoisotopic (exact) mass is 300 g/mol. The van der Waals surface area contributed by atoms with E-state index in [1.165, 1.54) is 11.1 Å². The molecule has 0 unspecified atom stereocenters. The summed E-state index contributed by atoms with van der Waals surface area (Å²) < 4.78 is 10.7. The number of ether oxygens (including phenoxy) is 2. The Balaban J connectivity index is 1.88. The van der Waals surface area contributed by atoms with E-state index in [9.17, 15) is 9.90 Å². The van der Waals surface area contributed by atoms with Crippen molar-refractivity contribution in [3.05, 3.63) is 40.5 Å². The number of fused-ring (bicyclic) bond motifs is 4. The van der Waals surface area contributed by atoms with Gasteiger partial charge in [0.25, 0.3) is 0 Å². The second-order valence-corrected chi connectivity index (χ2v) is 6.73. The van der Waals surface area contributed by atoms with Crippen molar-refractivity contribution < 1.29 is 19.4 Å². The molecule has 0 amide bonds. The normalized spacial score (nSPS) is 33.0. The van der Waals surface area contributed by atoms with E-state index in [1.54, 1.807) is 7.11 Å². The first-order chi connectivity index (χ1) is 10.6. The summed E-state index contributed by atoms with van der Waals surface area (Å²) in [5, 5.41) is 10.5. The minimum absolute atomic E-state index is 0.172. The van der Waals surface area contributed by atoms with Gasteiger partial charge in [0, 0.05) is 5.41 Å². The molecule has 3 aliphatic rings. The van der Waals surface area contributed by atoms with Gasteiger partial charge >= 0.3 is 5.97 Å². The van der Waals surface area contributed by atoms with Crippen LogP contribution in [-0.2, 0) is 21.4 Å². The van der Waals surface area contributed by atoms with Gasteiger partial charge < -0.3 is 14.6 Å². The quantitative estimate of drug-likeness (QED) is 0.807. The van der Waals surface area contributed by atoms with Crippen molar-refractivity contribution in [2.45, 2.75) is 37.7 Å². The van der Waals surface area contributed by atoms with E-state index in [2.05, 4.69) is 13.0 Å². The lowest BCUT2D eigenvalue weighted by Gasteiger charge is -2.47. The van der Waals surface area contributed by atoms with E-state index in [4.69, 9.17) is 9.47 Å². The summed E-state index contributed by atoms with van der Waals surface area (Å²) >= 11 is 0. The second-order valence-electron chi connectivity index (χ2n) is 6.73. The van der Waals surface area contributed by atoms with Crippen molar-refractivity contribution in [2.75, 3.05) is 13.7 Å². The number of benzene rings is 1. The lowest BCUT2D eigenvalue weighted by Crippen LogP contribution is -2.45. The molecule has 0 bridgehead atoms. The van der Waals surface area contributed by atoms with Crippen molar-refractivity contribution in [3.63, 3.8) is 0 Å². The average molecular weight is 300 g/mol. The third-order valence-corrected chi connectivity index (χ3v) is 5.72. The van der Waals surface area contributed by atoms with E-state index in [0.29, 0.717) is 18.6 Å². The number of methoxy groups -OCH3 is 1. The molecule has 1 aliphatic heterocycles. The largest absolute Gasteiger partial charge is 0.496 e. The molecule has 0 spiro atoms. The van der Waals surface area contributed by atoms with Crippen molar-refractivity contribution in [1.29, 1.82) is 0 Å². The van der Waals surface area contributed by atoms with Gasteiger partial charge in [-0.1, -0.05) is 19.1 Å². The van der Waals surface area contributed by atoms with Gasteiger partial charge in [0.1, 0.15) is 12.4 Å². The number of rotatable bonds is 1. The van der Waals surface area contributed by atoms with Crippen LogP contribution in [0, 0.1) is 5.92 Å². The molecule has 22 heavy (non-hydrogen) atoms. The van der Waals surface area contributed by atoms with Crippen molar-refractivity contribution in [3.8, 4) is 5.75 Å². The molecule has 1 aromatic rings. The van der Waals surface area contributed by atoms with Crippen LogP contribution in [0.2, 0.25) is 0 Å². The third-order valence-electron chi connectivity index (χ3n) is 5.72. The molecule has 1 aromatic carbocycles. The summed E-state index contributed by atoms with van der Waals surface area (Å²) in [6.45, 7) is 2.54. The Hall–Kier alpha value is -1.81. The van der Waals surface area contributed by atoms with E-state index in [-0.39, 0.29) is 17.3 Å². The highest BCUT2D eigenvalue weighted by Crippen LogP contribution is 2.54. The topological polar surface area (TPSA) is 55.8 Å². The predicted molar refractivity (Wildman–Crippen MR) is 80.8 cm³/mol. The smallest absolute Gasteiger partial charge is 0.337 e. The summed E-state index contributed by atoms with van der Waals surface area (Å²) in [5.74, 6) is 0.850. The van der Waals surface area contributed by atoms with Gasteiger partial charge in [-0.05, 0) is 47.9 Å². The molecule has 0 radical (unpaired) electrons. The van der Waals surface area contributed by atoms with Gasteiger partial charge in [0.05, 0.1) is 18.8 Å². The number of hydrogen-bond acceptors (Lipinski definition) is 4. The minimum atomic E-state index is -0.733. The van der Waals surface area contributed by atoms with Crippen LogP contribution in [0.25, 0.3) is 0 Å². The fourth-order valence-electron chi connectivity index (χ4n) is 4.73. The Morgan fingerprint density at radius 1 is 1.41 bits per heavy atom. The number of aliphatic hydroxyl groups excluding tert-OH is 1. The van der Waals surface area contributed by atoms with Gasteiger partial charge in [-0.3, -0.25) is 0 Å². The van der Waals surface area contributed by atoms with Gasteiger partial charge in [0.15, 0.2) is 0 Å². The molecule has 0 aromatic heterocycles. The standard InChI is InChI=1S/C18H20O4/c1-18-8-14(19)16-11(9-22-17(16)20)13(18)7-6-10-12(18)4-3-5-15(10)21-2/h3-5,13-14,19H,6-9H2,1-2H3/t13-,14-,18+/m0/s1. The molecular weight excluding hydrogens is 280 g/mol. The molecule has 4 nitrogen and oxygen atoms in total.